The first kappa shape index (κ1) is 8.97. The van der Waals surface area contributed by atoms with E-state index in [1.807, 2.05) is 19.1 Å². The van der Waals surface area contributed by atoms with E-state index in [4.69, 9.17) is 9.52 Å². The SMILES string of the molecule is Cc1cccc2oc(CO)cc(=O)c12. The molecular weight excluding hydrogens is 180 g/mol. The van der Waals surface area contributed by atoms with E-state index in [1.54, 1.807) is 6.07 Å². The van der Waals surface area contributed by atoms with Crippen LogP contribution in [0.5, 0.6) is 0 Å². The molecule has 0 amide bonds. The van der Waals surface area contributed by atoms with Gasteiger partial charge in [0.15, 0.2) is 5.43 Å². The third-order valence-corrected chi connectivity index (χ3v) is 2.17. The molecule has 14 heavy (non-hydrogen) atoms. The number of aliphatic hydroxyl groups excluding tert-OH is 1. The van der Waals surface area contributed by atoms with Crippen molar-refractivity contribution in [3.8, 4) is 0 Å². The summed E-state index contributed by atoms with van der Waals surface area (Å²) in [6.45, 7) is 1.61. The molecule has 0 aliphatic carbocycles. The molecule has 2 rings (SSSR count). The standard InChI is InChI=1S/C11H10O3/c1-7-3-2-4-10-11(7)9(13)5-8(6-12)14-10/h2-5,12H,6H2,1H3. The Kier molecular flexibility index (Phi) is 2.09. The van der Waals surface area contributed by atoms with E-state index in [2.05, 4.69) is 0 Å². The van der Waals surface area contributed by atoms with Crippen molar-refractivity contribution in [2.45, 2.75) is 13.5 Å². The average Bonchev–Trinajstić information content (AvgIpc) is 2.17. The van der Waals surface area contributed by atoms with Crippen LogP contribution in [0.2, 0.25) is 0 Å². The van der Waals surface area contributed by atoms with Crippen molar-refractivity contribution >= 4 is 11.0 Å². The maximum Gasteiger partial charge on any atom is 0.193 e. The van der Waals surface area contributed by atoms with Crippen LogP contribution in [0.4, 0.5) is 0 Å². The molecule has 1 aromatic heterocycles. The first-order chi connectivity index (χ1) is 6.72. The fourth-order valence-corrected chi connectivity index (χ4v) is 1.51. The number of fused-ring (bicyclic) bond motifs is 1. The fourth-order valence-electron chi connectivity index (χ4n) is 1.51. The predicted molar refractivity (Wildman–Crippen MR) is 53.1 cm³/mol. The molecule has 0 radical (unpaired) electrons. The lowest BCUT2D eigenvalue weighted by atomic mass is 10.1. The molecule has 1 N–H and O–H groups in total. The number of hydrogen-bond acceptors (Lipinski definition) is 3. The quantitative estimate of drug-likeness (QED) is 0.742. The number of aliphatic hydroxyl groups is 1. The smallest absolute Gasteiger partial charge is 0.193 e. The molecule has 0 fully saturated rings. The molecule has 2 aromatic rings. The van der Waals surface area contributed by atoms with E-state index in [0.717, 1.165) is 5.56 Å². The Morgan fingerprint density at radius 1 is 1.43 bits per heavy atom. The highest BCUT2D eigenvalue weighted by Gasteiger charge is 2.05. The van der Waals surface area contributed by atoms with Crippen molar-refractivity contribution < 1.29 is 9.52 Å². The van der Waals surface area contributed by atoms with Gasteiger partial charge in [0.25, 0.3) is 0 Å². The van der Waals surface area contributed by atoms with Crippen molar-refractivity contribution in [1.82, 2.24) is 0 Å². The molecular formula is C11H10O3. The van der Waals surface area contributed by atoms with Crippen LogP contribution in [-0.4, -0.2) is 5.11 Å². The van der Waals surface area contributed by atoms with Gasteiger partial charge in [0, 0.05) is 6.07 Å². The number of aryl methyl sites for hydroxylation is 1. The molecule has 0 saturated heterocycles. The second-order valence-corrected chi connectivity index (χ2v) is 3.18. The van der Waals surface area contributed by atoms with Gasteiger partial charge in [0.2, 0.25) is 0 Å². The molecule has 0 saturated carbocycles. The minimum Gasteiger partial charge on any atom is -0.458 e. The molecule has 72 valence electrons. The van der Waals surface area contributed by atoms with Gasteiger partial charge >= 0.3 is 0 Å². The summed E-state index contributed by atoms with van der Waals surface area (Å²) in [5.74, 6) is 0.299. The van der Waals surface area contributed by atoms with Gasteiger partial charge in [-0.2, -0.15) is 0 Å². The largest absolute Gasteiger partial charge is 0.458 e. The summed E-state index contributed by atoms with van der Waals surface area (Å²) in [5, 5.41) is 9.45. The molecule has 1 heterocycles. The van der Waals surface area contributed by atoms with Crippen molar-refractivity contribution in [2.75, 3.05) is 0 Å². The van der Waals surface area contributed by atoms with E-state index < -0.39 is 0 Å². The number of hydrogen-bond donors (Lipinski definition) is 1. The van der Waals surface area contributed by atoms with E-state index >= 15 is 0 Å². The van der Waals surface area contributed by atoms with Gasteiger partial charge in [0.05, 0.1) is 5.39 Å². The summed E-state index contributed by atoms with van der Waals surface area (Å²) in [4.78, 5) is 11.6. The Labute approximate surface area is 80.6 Å². The second-order valence-electron chi connectivity index (χ2n) is 3.18. The Hall–Kier alpha value is -1.61. The lowest BCUT2D eigenvalue weighted by molar-refractivity contribution is 0.249. The third-order valence-electron chi connectivity index (χ3n) is 2.17. The van der Waals surface area contributed by atoms with Gasteiger partial charge in [0.1, 0.15) is 18.0 Å². The lowest BCUT2D eigenvalue weighted by Crippen LogP contribution is -2.03. The zero-order valence-electron chi connectivity index (χ0n) is 7.78. The first-order valence-corrected chi connectivity index (χ1v) is 4.35. The first-order valence-electron chi connectivity index (χ1n) is 4.35. The van der Waals surface area contributed by atoms with Crippen molar-refractivity contribution in [1.29, 1.82) is 0 Å². The topological polar surface area (TPSA) is 50.4 Å². The van der Waals surface area contributed by atoms with Crippen molar-refractivity contribution in [3.05, 3.63) is 45.8 Å². The van der Waals surface area contributed by atoms with E-state index in [1.165, 1.54) is 6.07 Å². The highest BCUT2D eigenvalue weighted by Crippen LogP contribution is 2.15. The summed E-state index contributed by atoms with van der Waals surface area (Å²) in [5.41, 5.74) is 1.32. The molecule has 0 spiro atoms. The summed E-state index contributed by atoms with van der Waals surface area (Å²) < 4.78 is 5.32. The highest BCUT2D eigenvalue weighted by molar-refractivity contribution is 5.79. The van der Waals surface area contributed by atoms with E-state index in [9.17, 15) is 4.79 Å². The minimum absolute atomic E-state index is 0.103. The molecule has 0 aliphatic rings. The molecule has 1 aromatic carbocycles. The summed E-state index contributed by atoms with van der Waals surface area (Å²) in [6, 6.07) is 6.73. The van der Waals surface area contributed by atoms with Gasteiger partial charge in [-0.25, -0.2) is 0 Å². The van der Waals surface area contributed by atoms with Crippen LogP contribution in [0.25, 0.3) is 11.0 Å². The number of benzene rings is 1. The Balaban J connectivity index is 2.90. The van der Waals surface area contributed by atoms with Crippen LogP contribution in [0.3, 0.4) is 0 Å². The Morgan fingerprint density at radius 2 is 2.21 bits per heavy atom. The molecule has 0 bridgehead atoms. The fraction of sp³-hybridized carbons (Fsp3) is 0.182. The average molecular weight is 190 g/mol. The van der Waals surface area contributed by atoms with Crippen LogP contribution < -0.4 is 5.43 Å². The molecule has 3 nitrogen and oxygen atoms in total. The summed E-state index contributed by atoms with van der Waals surface area (Å²) >= 11 is 0. The maximum atomic E-state index is 11.6. The monoisotopic (exact) mass is 190 g/mol. The highest BCUT2D eigenvalue weighted by atomic mass is 16.4. The van der Waals surface area contributed by atoms with Crippen molar-refractivity contribution in [2.24, 2.45) is 0 Å². The van der Waals surface area contributed by atoms with Crippen LogP contribution in [0, 0.1) is 6.92 Å². The maximum absolute atomic E-state index is 11.6. The molecule has 0 aliphatic heterocycles. The van der Waals surface area contributed by atoms with Gasteiger partial charge in [-0.15, -0.1) is 0 Å². The van der Waals surface area contributed by atoms with Gasteiger partial charge in [-0.1, -0.05) is 12.1 Å². The summed E-state index contributed by atoms with van der Waals surface area (Å²) in [6.07, 6.45) is 0. The van der Waals surface area contributed by atoms with Gasteiger partial charge in [-0.3, -0.25) is 4.79 Å². The molecule has 3 heteroatoms. The Bertz CT molecular complexity index is 526. The van der Waals surface area contributed by atoms with Gasteiger partial charge < -0.3 is 9.52 Å². The third kappa shape index (κ3) is 1.32. The molecule has 0 atom stereocenters. The van der Waals surface area contributed by atoms with Gasteiger partial charge in [-0.05, 0) is 18.6 Å². The van der Waals surface area contributed by atoms with Crippen LogP contribution in [0.15, 0.2) is 33.5 Å². The predicted octanol–water partition coefficient (Wildman–Crippen LogP) is 1.59. The minimum atomic E-state index is -0.251. The summed E-state index contributed by atoms with van der Waals surface area (Å²) in [7, 11) is 0. The number of rotatable bonds is 1. The van der Waals surface area contributed by atoms with Crippen LogP contribution in [-0.2, 0) is 6.61 Å². The Morgan fingerprint density at radius 3 is 2.93 bits per heavy atom. The van der Waals surface area contributed by atoms with E-state index in [0.29, 0.717) is 16.7 Å². The lowest BCUT2D eigenvalue weighted by Gasteiger charge is -2.01. The molecule has 0 unspecified atom stereocenters. The van der Waals surface area contributed by atoms with Crippen molar-refractivity contribution in [3.63, 3.8) is 0 Å². The zero-order chi connectivity index (χ0) is 10.1. The van der Waals surface area contributed by atoms with Crippen LogP contribution in [0.1, 0.15) is 11.3 Å². The van der Waals surface area contributed by atoms with Crippen LogP contribution >= 0.6 is 0 Å². The normalized spacial score (nSPS) is 10.7. The second kappa shape index (κ2) is 3.27. The zero-order valence-corrected chi connectivity index (χ0v) is 7.78. The van der Waals surface area contributed by atoms with E-state index in [-0.39, 0.29) is 12.0 Å².